The summed E-state index contributed by atoms with van der Waals surface area (Å²) >= 11 is 1.93. The van der Waals surface area contributed by atoms with Crippen molar-refractivity contribution >= 4 is 29.5 Å². The van der Waals surface area contributed by atoms with Gasteiger partial charge in [0.25, 0.3) is 0 Å². The van der Waals surface area contributed by atoms with Gasteiger partial charge in [0.2, 0.25) is 11.8 Å². The van der Waals surface area contributed by atoms with Gasteiger partial charge < -0.3 is 4.74 Å². The van der Waals surface area contributed by atoms with Crippen molar-refractivity contribution in [1.29, 1.82) is 0 Å². The van der Waals surface area contributed by atoms with Crippen molar-refractivity contribution in [3.63, 3.8) is 0 Å². The average Bonchev–Trinajstić information content (AvgIpc) is 3.07. The second kappa shape index (κ2) is 14.2. The Morgan fingerprint density at radius 1 is 0.867 bits per heavy atom. The minimum absolute atomic E-state index is 0.130. The predicted molar refractivity (Wildman–Crippen MR) is 121 cm³/mol. The number of amides is 2. The molecule has 5 nitrogen and oxygen atoms in total. The summed E-state index contributed by atoms with van der Waals surface area (Å²) in [5, 5.41) is 0. The lowest BCUT2D eigenvalue weighted by atomic mass is 10.1. The molecule has 0 saturated carbocycles. The average molecular weight is 434 g/mol. The quantitative estimate of drug-likeness (QED) is 0.211. The summed E-state index contributed by atoms with van der Waals surface area (Å²) in [6.07, 6.45) is 13.9. The fraction of sp³-hybridized carbons (Fsp3) is 0.625. The summed E-state index contributed by atoms with van der Waals surface area (Å²) in [5.74, 6) is 0.702. The predicted octanol–water partition coefficient (Wildman–Crippen LogP) is 5.37. The number of imide groups is 1. The van der Waals surface area contributed by atoms with Crippen molar-refractivity contribution in [3.8, 4) is 0 Å². The van der Waals surface area contributed by atoms with Crippen molar-refractivity contribution in [3.05, 3.63) is 35.4 Å². The van der Waals surface area contributed by atoms with Gasteiger partial charge in [-0.05, 0) is 42.5 Å². The van der Waals surface area contributed by atoms with E-state index >= 15 is 0 Å². The first-order chi connectivity index (χ1) is 14.6. The summed E-state index contributed by atoms with van der Waals surface area (Å²) in [4.78, 5) is 36.8. The number of hydrogen-bond acceptors (Lipinski definition) is 5. The Bertz CT molecular complexity index is 658. The number of carbonyl (C=O) groups is 3. The van der Waals surface area contributed by atoms with Crippen LogP contribution < -0.4 is 0 Å². The third kappa shape index (κ3) is 8.90. The normalized spacial score (nSPS) is 13.8. The van der Waals surface area contributed by atoms with Crippen molar-refractivity contribution < 1.29 is 19.1 Å². The molecule has 30 heavy (non-hydrogen) atoms. The lowest BCUT2D eigenvalue weighted by Gasteiger charge is -2.13. The van der Waals surface area contributed by atoms with E-state index in [1.807, 2.05) is 11.8 Å². The molecular formula is C24H35NO4S. The molecule has 0 unspecified atom stereocenters. The molecule has 2 rings (SSSR count). The number of thioether (sulfide) groups is 1. The number of hydrogen-bond donors (Lipinski definition) is 0. The molecule has 166 valence electrons. The van der Waals surface area contributed by atoms with Crippen LogP contribution in [0.15, 0.2) is 24.3 Å². The number of rotatable bonds is 15. The largest absolute Gasteiger partial charge is 0.462 e. The van der Waals surface area contributed by atoms with Crippen LogP contribution in [0.4, 0.5) is 0 Å². The maximum Gasteiger partial charge on any atom is 0.338 e. The second-order valence-electron chi connectivity index (χ2n) is 7.88. The van der Waals surface area contributed by atoms with Gasteiger partial charge in [0.05, 0.1) is 18.7 Å². The Morgan fingerprint density at radius 3 is 1.97 bits per heavy atom. The van der Waals surface area contributed by atoms with Crippen LogP contribution in [0.1, 0.15) is 86.6 Å². The minimum atomic E-state index is -0.319. The van der Waals surface area contributed by atoms with Gasteiger partial charge in [0.15, 0.2) is 0 Å². The molecule has 1 saturated heterocycles. The van der Waals surface area contributed by atoms with Gasteiger partial charge in [-0.1, -0.05) is 57.1 Å². The molecule has 1 aliphatic heterocycles. The van der Waals surface area contributed by atoms with E-state index in [4.69, 9.17) is 4.74 Å². The van der Waals surface area contributed by atoms with Crippen LogP contribution in [0.2, 0.25) is 0 Å². The van der Waals surface area contributed by atoms with Crippen molar-refractivity contribution in [1.82, 2.24) is 4.90 Å². The zero-order chi connectivity index (χ0) is 21.6. The minimum Gasteiger partial charge on any atom is -0.462 e. The van der Waals surface area contributed by atoms with E-state index in [0.29, 0.717) is 25.0 Å². The molecule has 0 aromatic heterocycles. The van der Waals surface area contributed by atoms with Crippen LogP contribution in [0, 0.1) is 0 Å². The molecule has 1 fully saturated rings. The Morgan fingerprint density at radius 2 is 1.40 bits per heavy atom. The number of esters is 1. The summed E-state index contributed by atoms with van der Waals surface area (Å²) in [6, 6.07) is 6.94. The summed E-state index contributed by atoms with van der Waals surface area (Å²) < 4.78 is 5.36. The van der Waals surface area contributed by atoms with Gasteiger partial charge in [-0.25, -0.2) is 4.79 Å². The first-order valence-electron chi connectivity index (χ1n) is 11.2. The fourth-order valence-corrected chi connectivity index (χ4v) is 4.05. The van der Waals surface area contributed by atoms with E-state index in [1.165, 1.54) is 55.6 Å². The van der Waals surface area contributed by atoms with E-state index in [0.717, 1.165) is 18.4 Å². The molecule has 0 radical (unpaired) electrons. The molecule has 1 aromatic carbocycles. The van der Waals surface area contributed by atoms with Crippen molar-refractivity contribution in [2.75, 3.05) is 18.6 Å². The molecule has 0 spiro atoms. The monoisotopic (exact) mass is 433 g/mol. The van der Waals surface area contributed by atoms with E-state index in [-0.39, 0.29) is 24.3 Å². The topological polar surface area (TPSA) is 63.7 Å². The number of likely N-dealkylation sites (tertiary alicyclic amines) is 1. The van der Waals surface area contributed by atoms with Crippen LogP contribution >= 0.6 is 11.8 Å². The van der Waals surface area contributed by atoms with E-state index < -0.39 is 0 Å². The van der Waals surface area contributed by atoms with Gasteiger partial charge in [0.1, 0.15) is 0 Å². The highest BCUT2D eigenvalue weighted by atomic mass is 32.2. The zero-order valence-electron chi connectivity index (χ0n) is 18.2. The number of unbranched alkanes of at least 4 members (excludes halogenated alkanes) is 8. The third-order valence-electron chi connectivity index (χ3n) is 5.41. The highest BCUT2D eigenvalue weighted by Gasteiger charge is 2.28. The molecule has 0 aliphatic carbocycles. The van der Waals surface area contributed by atoms with Crippen molar-refractivity contribution in [2.45, 2.75) is 77.2 Å². The van der Waals surface area contributed by atoms with Crippen LogP contribution in [-0.2, 0) is 20.9 Å². The van der Waals surface area contributed by atoms with E-state index in [1.54, 1.807) is 24.3 Å². The Kier molecular flexibility index (Phi) is 11.6. The molecule has 1 aromatic rings. The first kappa shape index (κ1) is 24.4. The molecule has 0 atom stereocenters. The Balaban J connectivity index is 1.53. The van der Waals surface area contributed by atoms with Gasteiger partial charge >= 0.3 is 5.97 Å². The summed E-state index contributed by atoms with van der Waals surface area (Å²) in [5.41, 5.74) is 1.33. The SMILES string of the molecule is CSCCCCCCCCCCCOC(=O)c1ccc(CN2C(=O)CCC2=O)cc1. The van der Waals surface area contributed by atoms with Crippen LogP contribution in [-0.4, -0.2) is 41.3 Å². The Hall–Kier alpha value is -1.82. The van der Waals surface area contributed by atoms with E-state index in [9.17, 15) is 14.4 Å². The number of ether oxygens (including phenoxy) is 1. The summed E-state index contributed by atoms with van der Waals surface area (Å²) in [6.45, 7) is 0.719. The van der Waals surface area contributed by atoms with Gasteiger partial charge in [-0.15, -0.1) is 0 Å². The molecular weight excluding hydrogens is 398 g/mol. The molecule has 0 N–H and O–H groups in total. The van der Waals surface area contributed by atoms with Gasteiger partial charge in [0, 0.05) is 12.8 Å². The molecule has 6 heteroatoms. The zero-order valence-corrected chi connectivity index (χ0v) is 19.0. The summed E-state index contributed by atoms with van der Waals surface area (Å²) in [7, 11) is 0. The number of benzene rings is 1. The number of carbonyl (C=O) groups excluding carboxylic acids is 3. The lowest BCUT2D eigenvalue weighted by molar-refractivity contribution is -0.139. The van der Waals surface area contributed by atoms with Crippen molar-refractivity contribution in [2.24, 2.45) is 0 Å². The highest BCUT2D eigenvalue weighted by molar-refractivity contribution is 7.98. The van der Waals surface area contributed by atoms with Gasteiger partial charge in [-0.3, -0.25) is 14.5 Å². The fourth-order valence-electron chi connectivity index (χ4n) is 3.56. The highest BCUT2D eigenvalue weighted by Crippen LogP contribution is 2.17. The molecule has 1 heterocycles. The van der Waals surface area contributed by atoms with Gasteiger partial charge in [-0.2, -0.15) is 11.8 Å². The number of nitrogens with zero attached hydrogens (tertiary/aromatic N) is 1. The second-order valence-corrected chi connectivity index (χ2v) is 8.87. The first-order valence-corrected chi connectivity index (χ1v) is 12.6. The maximum absolute atomic E-state index is 12.1. The molecule has 0 bridgehead atoms. The van der Waals surface area contributed by atoms with Crippen LogP contribution in [0.3, 0.4) is 0 Å². The van der Waals surface area contributed by atoms with E-state index in [2.05, 4.69) is 6.26 Å². The third-order valence-corrected chi connectivity index (χ3v) is 6.11. The Labute approximate surface area is 184 Å². The smallest absolute Gasteiger partial charge is 0.338 e. The van der Waals surface area contributed by atoms with Crippen LogP contribution in [0.25, 0.3) is 0 Å². The molecule has 1 aliphatic rings. The maximum atomic E-state index is 12.1. The standard InChI is InChI=1S/C24H35NO4S/c1-30-18-10-8-6-4-2-3-5-7-9-17-29-24(28)21-13-11-20(12-14-21)19-25-22(26)15-16-23(25)27/h11-14H,2-10,15-19H2,1H3. The molecule has 2 amide bonds. The van der Waals surface area contributed by atoms with Crippen LogP contribution in [0.5, 0.6) is 0 Å². The lowest BCUT2D eigenvalue weighted by Crippen LogP contribution is -2.28.